The van der Waals surface area contributed by atoms with E-state index in [2.05, 4.69) is 10.1 Å². The highest BCUT2D eigenvalue weighted by Crippen LogP contribution is 2.11. The molecule has 0 saturated carbocycles. The van der Waals surface area contributed by atoms with Gasteiger partial charge < -0.3 is 9.42 Å². The van der Waals surface area contributed by atoms with Gasteiger partial charge in [0.1, 0.15) is 0 Å². The molecule has 0 N–H and O–H groups in total. The van der Waals surface area contributed by atoms with Crippen molar-refractivity contribution in [2.24, 2.45) is 0 Å². The van der Waals surface area contributed by atoms with Gasteiger partial charge in [0.2, 0.25) is 0 Å². The van der Waals surface area contributed by atoms with E-state index in [1.807, 2.05) is 0 Å². The molecule has 1 fully saturated rings. The van der Waals surface area contributed by atoms with Gasteiger partial charge in [-0.15, -0.1) is 0 Å². The number of hydrogen-bond acceptors (Lipinski definition) is 4. The number of likely N-dealkylation sites (tertiary alicyclic amines) is 1. The third-order valence-electron chi connectivity index (χ3n) is 2.19. The highest BCUT2D eigenvalue weighted by atomic mass is 16.5. The van der Waals surface area contributed by atoms with Crippen LogP contribution in [-0.2, 0) is 0 Å². The fourth-order valence-corrected chi connectivity index (χ4v) is 1.50. The fourth-order valence-electron chi connectivity index (χ4n) is 1.50. The van der Waals surface area contributed by atoms with Crippen LogP contribution in [0.1, 0.15) is 29.9 Å². The minimum Gasteiger partial charge on any atom is -0.334 e. The Morgan fingerprint density at radius 2 is 2.15 bits per heavy atom. The van der Waals surface area contributed by atoms with Crippen LogP contribution >= 0.6 is 0 Å². The van der Waals surface area contributed by atoms with Crippen molar-refractivity contribution in [2.45, 2.75) is 19.3 Å². The lowest BCUT2D eigenvalue weighted by molar-refractivity contribution is 0.0674. The Balaban J connectivity index is 2.04. The Kier molecular flexibility index (Phi) is 2.25. The van der Waals surface area contributed by atoms with Crippen molar-refractivity contribution in [3.8, 4) is 0 Å². The fraction of sp³-hybridized carbons (Fsp3) is 0.625. The number of nitrogens with zero attached hydrogens (tertiary/aromatic N) is 3. The molecule has 0 aliphatic carbocycles. The van der Waals surface area contributed by atoms with Gasteiger partial charge in [-0.05, 0) is 19.3 Å². The highest BCUT2D eigenvalue weighted by molar-refractivity contribution is 5.89. The van der Waals surface area contributed by atoms with E-state index in [0.29, 0.717) is 0 Å². The van der Waals surface area contributed by atoms with E-state index in [0.717, 1.165) is 25.9 Å². The second-order valence-electron chi connectivity index (χ2n) is 3.10. The lowest BCUT2D eigenvalue weighted by atomic mass is 10.1. The molecule has 0 spiro atoms. The summed E-state index contributed by atoms with van der Waals surface area (Å²) in [5.74, 6) is -0.0425. The number of rotatable bonds is 1. The van der Waals surface area contributed by atoms with Crippen LogP contribution in [0.3, 0.4) is 0 Å². The van der Waals surface area contributed by atoms with Crippen LogP contribution in [0.25, 0.3) is 0 Å². The Morgan fingerprint density at radius 1 is 1.38 bits per heavy atom. The van der Waals surface area contributed by atoms with Crippen molar-refractivity contribution in [3.63, 3.8) is 0 Å². The van der Waals surface area contributed by atoms with E-state index in [1.54, 1.807) is 4.90 Å². The van der Waals surface area contributed by atoms with Crippen molar-refractivity contribution in [2.75, 3.05) is 13.1 Å². The van der Waals surface area contributed by atoms with Crippen molar-refractivity contribution < 1.29 is 9.32 Å². The monoisotopic (exact) mass is 181 g/mol. The summed E-state index contributed by atoms with van der Waals surface area (Å²) in [5, 5.41) is 3.40. The van der Waals surface area contributed by atoms with Crippen LogP contribution in [0.2, 0.25) is 0 Å². The normalized spacial score (nSPS) is 17.4. The van der Waals surface area contributed by atoms with Crippen LogP contribution in [0.5, 0.6) is 0 Å². The third kappa shape index (κ3) is 1.68. The third-order valence-corrected chi connectivity index (χ3v) is 2.19. The molecule has 1 aliphatic rings. The Morgan fingerprint density at radius 3 is 2.77 bits per heavy atom. The zero-order valence-corrected chi connectivity index (χ0v) is 7.27. The predicted molar refractivity (Wildman–Crippen MR) is 44.1 cm³/mol. The van der Waals surface area contributed by atoms with E-state index in [1.165, 1.54) is 12.7 Å². The minimum absolute atomic E-state index is 0.0990. The van der Waals surface area contributed by atoms with Gasteiger partial charge in [0.25, 0.3) is 0 Å². The molecule has 0 atom stereocenters. The molecule has 5 nitrogen and oxygen atoms in total. The average molecular weight is 181 g/mol. The summed E-state index contributed by atoms with van der Waals surface area (Å²) in [7, 11) is 0. The average Bonchev–Trinajstić information content (AvgIpc) is 2.71. The van der Waals surface area contributed by atoms with Crippen LogP contribution in [0.15, 0.2) is 10.9 Å². The van der Waals surface area contributed by atoms with Gasteiger partial charge in [-0.1, -0.05) is 5.16 Å². The van der Waals surface area contributed by atoms with E-state index < -0.39 is 0 Å². The summed E-state index contributed by atoms with van der Waals surface area (Å²) in [6.07, 6.45) is 4.59. The minimum atomic E-state index is -0.141. The maximum Gasteiger partial charge on any atom is 0.315 e. The lowest BCUT2D eigenvalue weighted by Crippen LogP contribution is -2.35. The number of amides is 1. The van der Waals surface area contributed by atoms with E-state index in [9.17, 15) is 4.79 Å². The zero-order valence-electron chi connectivity index (χ0n) is 7.27. The summed E-state index contributed by atoms with van der Waals surface area (Å²) >= 11 is 0. The van der Waals surface area contributed by atoms with Gasteiger partial charge in [-0.2, -0.15) is 4.98 Å². The second kappa shape index (κ2) is 3.55. The number of aromatic nitrogens is 2. The van der Waals surface area contributed by atoms with Gasteiger partial charge in [0.15, 0.2) is 6.33 Å². The smallest absolute Gasteiger partial charge is 0.315 e. The van der Waals surface area contributed by atoms with Gasteiger partial charge in [-0.3, -0.25) is 4.79 Å². The quantitative estimate of drug-likeness (QED) is 0.639. The first-order valence-electron chi connectivity index (χ1n) is 4.44. The van der Waals surface area contributed by atoms with Crippen molar-refractivity contribution >= 4 is 5.91 Å². The first-order chi connectivity index (χ1) is 6.38. The molecule has 0 radical (unpaired) electrons. The summed E-state index contributed by atoms with van der Waals surface area (Å²) in [6, 6.07) is 0. The van der Waals surface area contributed by atoms with Crippen LogP contribution in [0, 0.1) is 0 Å². The molecule has 2 rings (SSSR count). The van der Waals surface area contributed by atoms with E-state index >= 15 is 0 Å². The molecule has 2 heterocycles. The SMILES string of the molecule is O=C(c1ncno1)N1CCCCC1. The zero-order chi connectivity index (χ0) is 9.10. The van der Waals surface area contributed by atoms with Gasteiger partial charge in [-0.25, -0.2) is 0 Å². The lowest BCUT2D eigenvalue weighted by Gasteiger charge is -2.24. The van der Waals surface area contributed by atoms with Gasteiger partial charge >= 0.3 is 11.8 Å². The van der Waals surface area contributed by atoms with Crippen molar-refractivity contribution in [3.05, 3.63) is 12.2 Å². The standard InChI is InChI=1S/C8H11N3O2/c12-8(7-9-6-10-13-7)11-4-2-1-3-5-11/h6H,1-5H2. The molecule has 13 heavy (non-hydrogen) atoms. The first kappa shape index (κ1) is 8.22. The molecule has 1 aliphatic heterocycles. The number of carbonyl (C=O) groups is 1. The Labute approximate surface area is 75.7 Å². The predicted octanol–water partition coefficient (Wildman–Crippen LogP) is 0.696. The first-order valence-corrected chi connectivity index (χ1v) is 4.44. The number of hydrogen-bond donors (Lipinski definition) is 0. The van der Waals surface area contributed by atoms with Gasteiger partial charge in [0.05, 0.1) is 0 Å². The molecule has 0 aromatic carbocycles. The molecule has 0 bridgehead atoms. The van der Waals surface area contributed by atoms with Crippen LogP contribution < -0.4 is 0 Å². The summed E-state index contributed by atoms with van der Waals surface area (Å²) < 4.78 is 4.70. The maximum absolute atomic E-state index is 11.6. The molecule has 1 aromatic rings. The van der Waals surface area contributed by atoms with E-state index in [-0.39, 0.29) is 11.8 Å². The molecule has 70 valence electrons. The topological polar surface area (TPSA) is 59.2 Å². The molecule has 1 amide bonds. The summed E-state index contributed by atoms with van der Waals surface area (Å²) in [4.78, 5) is 17.1. The highest BCUT2D eigenvalue weighted by Gasteiger charge is 2.21. The maximum atomic E-state index is 11.6. The Bertz CT molecular complexity index is 278. The van der Waals surface area contributed by atoms with Crippen molar-refractivity contribution in [1.29, 1.82) is 0 Å². The van der Waals surface area contributed by atoms with Crippen molar-refractivity contribution in [1.82, 2.24) is 15.0 Å². The number of carbonyl (C=O) groups excluding carboxylic acids is 1. The molecular formula is C8H11N3O2. The molecule has 1 saturated heterocycles. The summed E-state index contributed by atoms with van der Waals surface area (Å²) in [5.41, 5.74) is 0. The summed E-state index contributed by atoms with van der Waals surface area (Å²) in [6.45, 7) is 1.61. The molecular weight excluding hydrogens is 170 g/mol. The largest absolute Gasteiger partial charge is 0.334 e. The number of piperidine rings is 1. The van der Waals surface area contributed by atoms with Gasteiger partial charge in [0, 0.05) is 13.1 Å². The molecule has 0 unspecified atom stereocenters. The Hall–Kier alpha value is -1.39. The molecule has 1 aromatic heterocycles. The van der Waals surface area contributed by atoms with E-state index in [4.69, 9.17) is 4.52 Å². The second-order valence-corrected chi connectivity index (χ2v) is 3.10. The van der Waals surface area contributed by atoms with Crippen LogP contribution in [0.4, 0.5) is 0 Å². The molecule has 5 heteroatoms. The van der Waals surface area contributed by atoms with Crippen LogP contribution in [-0.4, -0.2) is 34.0 Å².